The maximum atomic E-state index is 12.9. The van der Waals surface area contributed by atoms with Gasteiger partial charge in [0.2, 0.25) is 5.91 Å². The highest BCUT2D eigenvalue weighted by Crippen LogP contribution is 2.23. The number of hydrogen-bond donors (Lipinski definition) is 2. The van der Waals surface area contributed by atoms with Gasteiger partial charge in [0.15, 0.2) is 5.82 Å². The molecule has 4 heterocycles. The average molecular weight is 431 g/mol. The first-order valence-corrected chi connectivity index (χ1v) is 10.9. The van der Waals surface area contributed by atoms with Crippen LogP contribution >= 0.6 is 0 Å². The van der Waals surface area contributed by atoms with Gasteiger partial charge in [0.25, 0.3) is 0 Å². The second kappa shape index (κ2) is 8.41. The highest BCUT2D eigenvalue weighted by Gasteiger charge is 2.27. The molecule has 32 heavy (non-hydrogen) atoms. The normalized spacial score (nSPS) is 16.4. The third kappa shape index (κ3) is 4.05. The van der Waals surface area contributed by atoms with Crippen LogP contribution in [0.1, 0.15) is 30.1 Å². The van der Waals surface area contributed by atoms with Crippen molar-refractivity contribution < 1.29 is 4.79 Å². The summed E-state index contributed by atoms with van der Waals surface area (Å²) in [5, 5.41) is 7.56. The van der Waals surface area contributed by atoms with E-state index in [0.717, 1.165) is 59.3 Å². The molecule has 1 amide bonds. The molecule has 9 nitrogen and oxygen atoms in total. The van der Waals surface area contributed by atoms with Gasteiger partial charge in [-0.25, -0.2) is 19.6 Å². The fourth-order valence-electron chi connectivity index (χ4n) is 4.29. The highest BCUT2D eigenvalue weighted by atomic mass is 16.1. The molecule has 0 bridgehead atoms. The predicted molar refractivity (Wildman–Crippen MR) is 122 cm³/mol. The van der Waals surface area contributed by atoms with Gasteiger partial charge in [0.1, 0.15) is 18.0 Å². The van der Waals surface area contributed by atoms with E-state index in [1.165, 1.54) is 0 Å². The number of nitrogens with one attached hydrogen (secondary N) is 2. The molecule has 1 aromatic carbocycles. The van der Waals surface area contributed by atoms with Gasteiger partial charge in [-0.1, -0.05) is 12.1 Å². The Balaban J connectivity index is 1.25. The van der Waals surface area contributed by atoms with Crippen molar-refractivity contribution in [2.75, 3.05) is 18.0 Å². The number of aromatic amines is 1. The largest absolute Gasteiger partial charge is 0.356 e. The number of hydrogen-bond acceptors (Lipinski definition) is 6. The van der Waals surface area contributed by atoms with Crippen LogP contribution in [0.4, 0.5) is 5.82 Å². The van der Waals surface area contributed by atoms with E-state index in [1.54, 1.807) is 6.33 Å². The minimum Gasteiger partial charge on any atom is -0.356 e. The molecule has 0 aliphatic carbocycles. The van der Waals surface area contributed by atoms with Gasteiger partial charge in [-0.05, 0) is 44.9 Å². The summed E-state index contributed by atoms with van der Waals surface area (Å²) in [6.45, 7) is 5.84. The molecule has 4 aromatic rings. The van der Waals surface area contributed by atoms with E-state index in [-0.39, 0.29) is 11.8 Å². The maximum Gasteiger partial charge on any atom is 0.225 e. The standard InChI is InChI=1S/C23H26N8O/c1-15-10-16(2)31(29-15)22-11-21(25-14-26-22)30-9-5-6-17(13-30)23(32)24-12-20-27-18-7-3-4-8-19(18)28-20/h3-4,7-8,10-11,14,17H,5-6,9,12-13H2,1-2H3,(H,24,32)(H,27,28)/t17-/m1/s1. The van der Waals surface area contributed by atoms with Crippen molar-refractivity contribution in [2.45, 2.75) is 33.2 Å². The van der Waals surface area contributed by atoms with Crippen molar-refractivity contribution in [1.29, 1.82) is 0 Å². The minimum absolute atomic E-state index is 0.0444. The van der Waals surface area contributed by atoms with Crippen LogP contribution in [-0.2, 0) is 11.3 Å². The zero-order valence-corrected chi connectivity index (χ0v) is 18.2. The number of fused-ring (bicyclic) bond motifs is 1. The van der Waals surface area contributed by atoms with Gasteiger partial charge in [-0.3, -0.25) is 4.79 Å². The Morgan fingerprint density at radius 3 is 2.84 bits per heavy atom. The fourth-order valence-corrected chi connectivity index (χ4v) is 4.29. The quantitative estimate of drug-likeness (QED) is 0.504. The van der Waals surface area contributed by atoms with Gasteiger partial charge in [0, 0.05) is 24.8 Å². The third-order valence-electron chi connectivity index (χ3n) is 5.85. The van der Waals surface area contributed by atoms with E-state index in [2.05, 4.69) is 35.3 Å². The van der Waals surface area contributed by atoms with Crippen molar-refractivity contribution >= 4 is 22.8 Å². The molecular formula is C23H26N8O. The Kier molecular flexibility index (Phi) is 5.30. The molecule has 5 rings (SSSR count). The molecule has 1 aliphatic heterocycles. The van der Waals surface area contributed by atoms with Crippen LogP contribution in [0, 0.1) is 19.8 Å². The van der Waals surface area contributed by atoms with Crippen molar-refractivity contribution in [3.8, 4) is 5.82 Å². The number of piperidine rings is 1. The van der Waals surface area contributed by atoms with Crippen molar-refractivity contribution in [3.05, 3.63) is 59.9 Å². The Bertz CT molecular complexity index is 1230. The molecule has 1 fully saturated rings. The summed E-state index contributed by atoms with van der Waals surface area (Å²) in [5.74, 6) is 2.26. The van der Waals surface area contributed by atoms with Crippen LogP contribution in [0.5, 0.6) is 0 Å². The number of carbonyl (C=O) groups is 1. The lowest BCUT2D eigenvalue weighted by Gasteiger charge is -2.32. The van der Waals surface area contributed by atoms with E-state index in [1.807, 2.05) is 54.9 Å². The van der Waals surface area contributed by atoms with E-state index in [9.17, 15) is 4.79 Å². The molecule has 1 atom stereocenters. The summed E-state index contributed by atoms with van der Waals surface area (Å²) in [4.78, 5) is 31.7. The lowest BCUT2D eigenvalue weighted by atomic mass is 9.97. The number of para-hydroxylation sites is 2. The Hall–Kier alpha value is -3.75. The van der Waals surface area contributed by atoms with Crippen LogP contribution in [0.3, 0.4) is 0 Å². The molecule has 9 heteroatoms. The molecule has 1 aliphatic rings. The van der Waals surface area contributed by atoms with Crippen LogP contribution in [-0.4, -0.2) is 48.7 Å². The lowest BCUT2D eigenvalue weighted by Crippen LogP contribution is -2.43. The number of aryl methyl sites for hydroxylation is 2. The minimum atomic E-state index is -0.0970. The number of carbonyl (C=O) groups excluding carboxylic acids is 1. The van der Waals surface area contributed by atoms with Gasteiger partial charge >= 0.3 is 0 Å². The first kappa shape index (κ1) is 20.2. The fraction of sp³-hybridized carbons (Fsp3) is 0.348. The molecule has 0 unspecified atom stereocenters. The predicted octanol–water partition coefficient (Wildman–Crippen LogP) is 2.69. The number of aromatic nitrogens is 6. The second-order valence-corrected chi connectivity index (χ2v) is 8.28. The van der Waals surface area contributed by atoms with E-state index in [4.69, 9.17) is 0 Å². The Morgan fingerprint density at radius 1 is 1.19 bits per heavy atom. The number of amides is 1. The third-order valence-corrected chi connectivity index (χ3v) is 5.85. The molecule has 1 saturated heterocycles. The van der Waals surface area contributed by atoms with Crippen LogP contribution < -0.4 is 10.2 Å². The van der Waals surface area contributed by atoms with Crippen molar-refractivity contribution in [1.82, 2.24) is 35.0 Å². The molecule has 164 valence electrons. The average Bonchev–Trinajstić information content (AvgIpc) is 3.39. The van der Waals surface area contributed by atoms with Crippen LogP contribution in [0.2, 0.25) is 0 Å². The summed E-state index contributed by atoms with van der Waals surface area (Å²) in [6.07, 6.45) is 3.35. The number of anilines is 1. The molecule has 3 aromatic heterocycles. The maximum absolute atomic E-state index is 12.9. The number of nitrogens with zero attached hydrogens (tertiary/aromatic N) is 6. The van der Waals surface area contributed by atoms with Crippen LogP contribution in [0.25, 0.3) is 16.9 Å². The first-order chi connectivity index (χ1) is 15.6. The molecular weight excluding hydrogens is 404 g/mol. The zero-order valence-electron chi connectivity index (χ0n) is 18.2. The Morgan fingerprint density at radius 2 is 2.03 bits per heavy atom. The highest BCUT2D eigenvalue weighted by molar-refractivity contribution is 5.80. The summed E-state index contributed by atoms with van der Waals surface area (Å²) < 4.78 is 1.82. The van der Waals surface area contributed by atoms with Crippen molar-refractivity contribution in [3.63, 3.8) is 0 Å². The summed E-state index contributed by atoms with van der Waals surface area (Å²) in [6, 6.07) is 11.8. The summed E-state index contributed by atoms with van der Waals surface area (Å²) >= 11 is 0. The first-order valence-electron chi connectivity index (χ1n) is 10.9. The molecule has 0 saturated carbocycles. The molecule has 2 N–H and O–H groups in total. The van der Waals surface area contributed by atoms with Gasteiger partial charge in [-0.2, -0.15) is 5.10 Å². The molecule has 0 radical (unpaired) electrons. The number of rotatable bonds is 5. The second-order valence-electron chi connectivity index (χ2n) is 8.28. The van der Waals surface area contributed by atoms with E-state index >= 15 is 0 Å². The van der Waals surface area contributed by atoms with E-state index < -0.39 is 0 Å². The number of benzene rings is 1. The zero-order chi connectivity index (χ0) is 22.1. The van der Waals surface area contributed by atoms with Gasteiger partial charge in [0.05, 0.1) is 29.2 Å². The Labute approximate surface area is 185 Å². The van der Waals surface area contributed by atoms with Crippen LogP contribution in [0.15, 0.2) is 42.7 Å². The number of H-pyrrole nitrogens is 1. The molecule has 0 spiro atoms. The smallest absolute Gasteiger partial charge is 0.225 e. The lowest BCUT2D eigenvalue weighted by molar-refractivity contribution is -0.125. The SMILES string of the molecule is Cc1cc(C)n(-c2cc(N3CCC[C@@H](C(=O)NCc4nc5ccccc5[nH]4)C3)ncn2)n1. The summed E-state index contributed by atoms with van der Waals surface area (Å²) in [7, 11) is 0. The van der Waals surface area contributed by atoms with Crippen molar-refractivity contribution in [2.24, 2.45) is 5.92 Å². The van der Waals surface area contributed by atoms with Gasteiger partial charge < -0.3 is 15.2 Å². The summed E-state index contributed by atoms with van der Waals surface area (Å²) in [5.41, 5.74) is 3.85. The monoisotopic (exact) mass is 430 g/mol. The topological polar surface area (TPSA) is 105 Å². The van der Waals surface area contributed by atoms with E-state index in [0.29, 0.717) is 13.1 Å². The van der Waals surface area contributed by atoms with Gasteiger partial charge in [-0.15, -0.1) is 0 Å². The number of imidazole rings is 1.